The van der Waals surface area contributed by atoms with Gasteiger partial charge in [-0.05, 0) is 13.3 Å². The highest BCUT2D eigenvalue weighted by Crippen LogP contribution is 1.96. The topological polar surface area (TPSA) is 46.6 Å². The highest BCUT2D eigenvalue weighted by molar-refractivity contribution is 5.90. The van der Waals surface area contributed by atoms with Gasteiger partial charge in [-0.15, -0.1) is 0 Å². The summed E-state index contributed by atoms with van der Waals surface area (Å²) in [5, 5.41) is 0. The number of hydrogen-bond acceptors (Lipinski definition) is 3. The van der Waals surface area contributed by atoms with Crippen LogP contribution in [0.5, 0.6) is 0 Å². The molecule has 0 unspecified atom stereocenters. The molecule has 0 aromatic carbocycles. The van der Waals surface area contributed by atoms with Crippen LogP contribution in [0, 0.1) is 0 Å². The Balaban J connectivity index is 4.39. The zero-order valence-electron chi connectivity index (χ0n) is 10.1. The number of rotatable bonds is 6. The Labute approximate surface area is 96.6 Å². The van der Waals surface area contributed by atoms with Crippen LogP contribution >= 0.6 is 0 Å². The van der Waals surface area contributed by atoms with E-state index in [2.05, 4.69) is 4.74 Å². The van der Waals surface area contributed by atoms with Crippen LogP contribution in [0.4, 0.5) is 0 Å². The molecule has 90 valence electrons. The molecule has 0 aliphatic heterocycles. The van der Waals surface area contributed by atoms with Crippen molar-refractivity contribution in [1.82, 2.24) is 4.90 Å². The van der Waals surface area contributed by atoms with Crippen molar-refractivity contribution in [3.63, 3.8) is 0 Å². The average Bonchev–Trinajstić information content (AvgIpc) is 2.28. The molecule has 4 nitrogen and oxygen atoms in total. The van der Waals surface area contributed by atoms with Crippen LogP contribution in [-0.2, 0) is 14.3 Å². The van der Waals surface area contributed by atoms with E-state index in [1.807, 2.05) is 19.9 Å². The highest BCUT2D eigenvalue weighted by Gasteiger charge is 2.13. The highest BCUT2D eigenvalue weighted by atomic mass is 16.5. The summed E-state index contributed by atoms with van der Waals surface area (Å²) in [6, 6.07) is 0. The lowest BCUT2D eigenvalue weighted by molar-refractivity contribution is -0.145. The summed E-state index contributed by atoms with van der Waals surface area (Å²) >= 11 is 0. The molecule has 0 bridgehead atoms. The second-order valence-electron chi connectivity index (χ2n) is 3.22. The lowest BCUT2D eigenvalue weighted by atomic mass is 10.3. The first-order valence-electron chi connectivity index (χ1n) is 5.30. The Kier molecular flexibility index (Phi) is 7.85. The molecule has 0 spiro atoms. The maximum atomic E-state index is 11.7. The van der Waals surface area contributed by atoms with Crippen LogP contribution in [0.2, 0.25) is 0 Å². The number of methoxy groups -OCH3 is 1. The summed E-state index contributed by atoms with van der Waals surface area (Å²) in [7, 11) is 1.31. The number of esters is 1. The number of carbonyl (C=O) groups excluding carboxylic acids is 2. The van der Waals surface area contributed by atoms with Crippen molar-refractivity contribution in [3.05, 3.63) is 24.3 Å². The third kappa shape index (κ3) is 6.01. The number of amides is 1. The zero-order valence-corrected chi connectivity index (χ0v) is 10.1. The molecule has 0 saturated heterocycles. The minimum Gasteiger partial charge on any atom is -0.468 e. The number of allylic oxidation sites excluding steroid dienone is 3. The van der Waals surface area contributed by atoms with Crippen LogP contribution in [0.3, 0.4) is 0 Å². The molecular formula is C12H19NO3. The van der Waals surface area contributed by atoms with Gasteiger partial charge in [0.05, 0.1) is 7.11 Å². The van der Waals surface area contributed by atoms with E-state index >= 15 is 0 Å². The Morgan fingerprint density at radius 2 is 2.00 bits per heavy atom. The van der Waals surface area contributed by atoms with E-state index < -0.39 is 5.97 Å². The molecule has 0 N–H and O–H groups in total. The van der Waals surface area contributed by atoms with E-state index in [0.29, 0.717) is 6.54 Å². The van der Waals surface area contributed by atoms with Crippen molar-refractivity contribution in [3.8, 4) is 0 Å². The fourth-order valence-corrected chi connectivity index (χ4v) is 1.11. The minimum atomic E-state index is -0.402. The van der Waals surface area contributed by atoms with Gasteiger partial charge >= 0.3 is 5.97 Å². The Hall–Kier alpha value is -1.58. The molecular weight excluding hydrogens is 206 g/mol. The van der Waals surface area contributed by atoms with Crippen molar-refractivity contribution < 1.29 is 14.3 Å². The van der Waals surface area contributed by atoms with Gasteiger partial charge in [0.2, 0.25) is 5.91 Å². The zero-order chi connectivity index (χ0) is 12.4. The summed E-state index contributed by atoms with van der Waals surface area (Å²) in [5.41, 5.74) is 0. The van der Waals surface area contributed by atoms with E-state index in [1.165, 1.54) is 18.1 Å². The molecule has 0 aliphatic carbocycles. The monoisotopic (exact) mass is 225 g/mol. The third-order valence-corrected chi connectivity index (χ3v) is 1.90. The number of ether oxygens (including phenoxy) is 1. The molecule has 0 radical (unpaired) electrons. The fraction of sp³-hybridized carbons (Fsp3) is 0.500. The summed E-state index contributed by atoms with van der Waals surface area (Å²) < 4.78 is 4.53. The molecule has 0 heterocycles. The standard InChI is InChI=1S/C12H19NO3/c1-4-6-7-8-11(14)13(9-5-2)10-12(15)16-3/h4,6-8H,5,9-10H2,1-3H3. The van der Waals surface area contributed by atoms with Crippen LogP contribution < -0.4 is 0 Å². The van der Waals surface area contributed by atoms with E-state index in [-0.39, 0.29) is 12.5 Å². The normalized spacial score (nSPS) is 10.9. The van der Waals surface area contributed by atoms with Gasteiger partial charge in [0.15, 0.2) is 0 Å². The summed E-state index contributed by atoms with van der Waals surface area (Å²) in [6.07, 6.45) is 7.50. The van der Waals surface area contributed by atoms with Crippen molar-refractivity contribution in [1.29, 1.82) is 0 Å². The predicted molar refractivity (Wildman–Crippen MR) is 62.8 cm³/mol. The Bertz CT molecular complexity index is 282. The van der Waals surface area contributed by atoms with Gasteiger partial charge in [0.25, 0.3) is 0 Å². The van der Waals surface area contributed by atoms with E-state index in [0.717, 1.165) is 6.42 Å². The average molecular weight is 225 g/mol. The molecule has 0 aromatic rings. The molecule has 0 rings (SSSR count). The smallest absolute Gasteiger partial charge is 0.325 e. The Morgan fingerprint density at radius 1 is 1.31 bits per heavy atom. The van der Waals surface area contributed by atoms with E-state index in [4.69, 9.17) is 0 Å². The second-order valence-corrected chi connectivity index (χ2v) is 3.22. The van der Waals surface area contributed by atoms with Gasteiger partial charge in [-0.1, -0.05) is 25.2 Å². The van der Waals surface area contributed by atoms with Crippen molar-refractivity contribution in [2.24, 2.45) is 0 Å². The van der Waals surface area contributed by atoms with Gasteiger partial charge in [-0.2, -0.15) is 0 Å². The molecule has 0 saturated carbocycles. The number of hydrogen-bond donors (Lipinski definition) is 0. The first-order chi connectivity index (χ1) is 7.65. The minimum absolute atomic E-state index is 0.00333. The van der Waals surface area contributed by atoms with E-state index in [1.54, 1.807) is 12.2 Å². The lowest BCUT2D eigenvalue weighted by Crippen LogP contribution is -2.35. The van der Waals surface area contributed by atoms with Crippen molar-refractivity contribution in [2.45, 2.75) is 20.3 Å². The molecule has 4 heteroatoms. The van der Waals surface area contributed by atoms with Gasteiger partial charge < -0.3 is 9.64 Å². The first kappa shape index (κ1) is 14.4. The van der Waals surface area contributed by atoms with Crippen LogP contribution in [0.15, 0.2) is 24.3 Å². The van der Waals surface area contributed by atoms with Crippen LogP contribution in [0.25, 0.3) is 0 Å². The number of nitrogens with zero attached hydrogens (tertiary/aromatic N) is 1. The quantitative estimate of drug-likeness (QED) is 0.391. The molecule has 0 atom stereocenters. The molecule has 0 aliphatic rings. The van der Waals surface area contributed by atoms with Crippen molar-refractivity contribution >= 4 is 11.9 Å². The molecule has 16 heavy (non-hydrogen) atoms. The van der Waals surface area contributed by atoms with Gasteiger partial charge in [-0.3, -0.25) is 9.59 Å². The lowest BCUT2D eigenvalue weighted by Gasteiger charge is -2.18. The molecule has 0 aromatic heterocycles. The largest absolute Gasteiger partial charge is 0.468 e. The predicted octanol–water partition coefficient (Wildman–Crippen LogP) is 1.53. The van der Waals surface area contributed by atoms with Gasteiger partial charge in [-0.25, -0.2) is 0 Å². The maximum Gasteiger partial charge on any atom is 0.325 e. The first-order valence-corrected chi connectivity index (χ1v) is 5.30. The summed E-state index contributed by atoms with van der Waals surface area (Å²) in [6.45, 7) is 4.37. The summed E-state index contributed by atoms with van der Waals surface area (Å²) in [5.74, 6) is -0.577. The van der Waals surface area contributed by atoms with E-state index in [9.17, 15) is 9.59 Å². The summed E-state index contributed by atoms with van der Waals surface area (Å²) in [4.78, 5) is 24.2. The van der Waals surface area contributed by atoms with Crippen LogP contribution in [0.1, 0.15) is 20.3 Å². The van der Waals surface area contributed by atoms with Gasteiger partial charge in [0, 0.05) is 12.6 Å². The van der Waals surface area contributed by atoms with Crippen molar-refractivity contribution in [2.75, 3.05) is 20.2 Å². The number of carbonyl (C=O) groups is 2. The molecule has 0 fully saturated rings. The maximum absolute atomic E-state index is 11.7. The fourth-order valence-electron chi connectivity index (χ4n) is 1.11. The SMILES string of the molecule is CC=CC=CC(=O)N(CCC)CC(=O)OC. The van der Waals surface area contributed by atoms with Gasteiger partial charge in [0.1, 0.15) is 6.54 Å². The Morgan fingerprint density at radius 3 is 2.50 bits per heavy atom. The van der Waals surface area contributed by atoms with Crippen LogP contribution in [-0.4, -0.2) is 37.0 Å². The second kappa shape index (κ2) is 8.71. The molecule has 1 amide bonds. The third-order valence-electron chi connectivity index (χ3n) is 1.90.